The second-order valence-electron chi connectivity index (χ2n) is 3.86. The van der Waals surface area contributed by atoms with Crippen molar-refractivity contribution in [3.63, 3.8) is 0 Å². The smallest absolute Gasteiger partial charge is 0.294 e. The highest BCUT2D eigenvalue weighted by Crippen LogP contribution is 2.26. The Morgan fingerprint density at radius 3 is 2.05 bits per heavy atom. The van der Waals surface area contributed by atoms with Crippen LogP contribution in [0.3, 0.4) is 0 Å². The van der Waals surface area contributed by atoms with Gasteiger partial charge in [0.1, 0.15) is 11.2 Å². The van der Waals surface area contributed by atoms with Crippen molar-refractivity contribution >= 4 is 29.6 Å². The maximum Gasteiger partial charge on any atom is 0.294 e. The first-order chi connectivity index (χ1) is 8.71. The van der Waals surface area contributed by atoms with Crippen molar-refractivity contribution in [2.75, 3.05) is 0 Å². The third-order valence-corrected chi connectivity index (χ3v) is 5.31. The van der Waals surface area contributed by atoms with Crippen LogP contribution < -0.4 is 0 Å². The van der Waals surface area contributed by atoms with Crippen LogP contribution in [0.2, 0.25) is 0 Å². The van der Waals surface area contributed by atoms with Crippen molar-refractivity contribution < 1.29 is 21.3 Å². The van der Waals surface area contributed by atoms with E-state index in [1.54, 1.807) is 12.1 Å². The van der Waals surface area contributed by atoms with E-state index in [0.29, 0.717) is 0 Å². The van der Waals surface area contributed by atoms with E-state index in [2.05, 4.69) is 4.42 Å². The van der Waals surface area contributed by atoms with E-state index in [-0.39, 0.29) is 9.79 Å². The number of hydrogen-bond acceptors (Lipinski definition) is 5. The zero-order chi connectivity index (χ0) is 14.3. The lowest BCUT2D eigenvalue weighted by atomic mass is 10.2. The van der Waals surface area contributed by atoms with Crippen LogP contribution in [0.5, 0.6) is 0 Å². The second-order valence-corrected chi connectivity index (χ2v) is 8.30. The van der Waals surface area contributed by atoms with E-state index >= 15 is 0 Å². The molecule has 0 fully saturated rings. The van der Waals surface area contributed by atoms with E-state index in [4.69, 9.17) is 10.7 Å². The topological polar surface area (TPSA) is 81.4 Å². The summed E-state index contributed by atoms with van der Waals surface area (Å²) in [6, 6.07) is 7.05. The van der Waals surface area contributed by atoms with Crippen molar-refractivity contribution in [2.24, 2.45) is 0 Å². The molecule has 1 heterocycles. The Kier molecular flexibility index (Phi) is 3.46. The van der Waals surface area contributed by atoms with Gasteiger partial charge in [0, 0.05) is 16.7 Å². The monoisotopic (exact) mass is 320 g/mol. The van der Waals surface area contributed by atoms with Crippen LogP contribution in [0.1, 0.15) is 5.56 Å². The molecule has 0 N–H and O–H groups in total. The summed E-state index contributed by atoms with van der Waals surface area (Å²) in [5.41, 5.74) is 0.912. The molecule has 102 valence electrons. The number of halogens is 1. The van der Waals surface area contributed by atoms with Crippen LogP contribution >= 0.6 is 10.7 Å². The highest BCUT2D eigenvalue weighted by molar-refractivity contribution is 8.13. The standard InChI is InChI=1S/C11H9ClO5S2/c1-8-2-4-9(5-3-8)18(13,14)10-6-11(17-7-10)19(12,15)16/h2-7H,1H3. The van der Waals surface area contributed by atoms with Crippen LogP contribution in [0, 0.1) is 6.92 Å². The lowest BCUT2D eigenvalue weighted by Crippen LogP contribution is -2.00. The highest BCUT2D eigenvalue weighted by atomic mass is 35.7. The van der Waals surface area contributed by atoms with E-state index < -0.39 is 24.0 Å². The Hall–Kier alpha value is -1.31. The van der Waals surface area contributed by atoms with Gasteiger partial charge in [0.2, 0.25) is 14.9 Å². The van der Waals surface area contributed by atoms with Gasteiger partial charge in [0.25, 0.3) is 9.05 Å². The highest BCUT2D eigenvalue weighted by Gasteiger charge is 2.24. The molecule has 8 heteroatoms. The van der Waals surface area contributed by atoms with Crippen molar-refractivity contribution in [1.82, 2.24) is 0 Å². The Morgan fingerprint density at radius 2 is 1.58 bits per heavy atom. The third-order valence-electron chi connectivity index (χ3n) is 2.43. The lowest BCUT2D eigenvalue weighted by Gasteiger charge is -2.01. The summed E-state index contributed by atoms with van der Waals surface area (Å²) in [5, 5.41) is -0.597. The molecule has 0 saturated heterocycles. The summed E-state index contributed by atoms with van der Waals surface area (Å²) in [6.07, 6.45) is 0.852. The van der Waals surface area contributed by atoms with Gasteiger partial charge >= 0.3 is 0 Å². The molecule has 0 aliphatic rings. The predicted molar refractivity (Wildman–Crippen MR) is 68.4 cm³/mol. The first-order valence-electron chi connectivity index (χ1n) is 5.06. The quantitative estimate of drug-likeness (QED) is 0.811. The van der Waals surface area contributed by atoms with Gasteiger partial charge in [0.15, 0.2) is 0 Å². The van der Waals surface area contributed by atoms with E-state index in [1.807, 2.05) is 6.92 Å². The average molecular weight is 321 g/mol. The van der Waals surface area contributed by atoms with Crippen molar-refractivity contribution in [1.29, 1.82) is 0 Å². The second kappa shape index (κ2) is 4.66. The molecule has 1 aromatic heterocycles. The fourth-order valence-corrected chi connectivity index (χ4v) is 3.37. The molecule has 0 unspecified atom stereocenters. The van der Waals surface area contributed by atoms with Gasteiger partial charge in [0.05, 0.1) is 4.90 Å². The first kappa shape index (κ1) is 14.1. The molecule has 2 aromatic rings. The Balaban J connectivity index is 2.51. The molecule has 19 heavy (non-hydrogen) atoms. The van der Waals surface area contributed by atoms with Crippen LogP contribution in [0.25, 0.3) is 0 Å². The molecular formula is C11H9ClO5S2. The van der Waals surface area contributed by atoms with Crippen LogP contribution in [0.4, 0.5) is 0 Å². The number of furan rings is 1. The van der Waals surface area contributed by atoms with Crippen LogP contribution in [-0.4, -0.2) is 16.8 Å². The van der Waals surface area contributed by atoms with Crippen molar-refractivity contribution in [2.45, 2.75) is 21.8 Å². The normalized spacial score (nSPS) is 12.5. The van der Waals surface area contributed by atoms with Gasteiger partial charge < -0.3 is 4.42 Å². The molecule has 2 rings (SSSR count). The lowest BCUT2D eigenvalue weighted by molar-refractivity contribution is 0.452. The Bertz CT molecular complexity index is 801. The summed E-state index contributed by atoms with van der Waals surface area (Å²) >= 11 is 0. The number of aryl methyl sites for hydroxylation is 1. The fraction of sp³-hybridized carbons (Fsp3) is 0.0909. The minimum absolute atomic E-state index is 0.0532. The molecule has 0 amide bonds. The number of rotatable bonds is 3. The van der Waals surface area contributed by atoms with Crippen molar-refractivity contribution in [3.8, 4) is 0 Å². The van der Waals surface area contributed by atoms with Crippen LogP contribution in [0.15, 0.2) is 55.9 Å². The fourth-order valence-electron chi connectivity index (χ4n) is 1.42. The maximum atomic E-state index is 12.2. The van der Waals surface area contributed by atoms with Gasteiger partial charge in [-0.05, 0) is 19.1 Å². The average Bonchev–Trinajstić information content (AvgIpc) is 2.79. The molecule has 0 aliphatic carbocycles. The minimum Gasteiger partial charge on any atom is -0.450 e. The van der Waals surface area contributed by atoms with Gasteiger partial charge in [-0.2, -0.15) is 0 Å². The molecule has 0 saturated carbocycles. The molecule has 5 nitrogen and oxygen atoms in total. The molecule has 0 radical (unpaired) electrons. The summed E-state index contributed by atoms with van der Waals surface area (Å²) in [7, 11) is -2.83. The molecule has 0 spiro atoms. The van der Waals surface area contributed by atoms with Gasteiger partial charge in [-0.15, -0.1) is 0 Å². The van der Waals surface area contributed by atoms with Gasteiger partial charge in [-0.3, -0.25) is 0 Å². The largest absolute Gasteiger partial charge is 0.450 e. The SMILES string of the molecule is Cc1ccc(S(=O)(=O)c2coc(S(=O)(=O)Cl)c2)cc1. The zero-order valence-corrected chi connectivity index (χ0v) is 12.1. The summed E-state index contributed by atoms with van der Waals surface area (Å²) in [6.45, 7) is 1.83. The van der Waals surface area contributed by atoms with E-state index in [1.165, 1.54) is 12.1 Å². The van der Waals surface area contributed by atoms with Gasteiger partial charge in [-0.25, -0.2) is 16.8 Å². The Labute approximate surface area is 115 Å². The predicted octanol–water partition coefficient (Wildman–Crippen LogP) is 2.35. The molecule has 0 atom stereocenters. The summed E-state index contributed by atoms with van der Waals surface area (Å²) in [4.78, 5) is -0.201. The number of sulfone groups is 1. The first-order valence-corrected chi connectivity index (χ1v) is 8.85. The summed E-state index contributed by atoms with van der Waals surface area (Å²) < 4.78 is 51.1. The number of benzene rings is 1. The zero-order valence-electron chi connectivity index (χ0n) is 9.70. The van der Waals surface area contributed by atoms with E-state index in [0.717, 1.165) is 17.9 Å². The molecule has 0 aliphatic heterocycles. The molecular weight excluding hydrogens is 312 g/mol. The van der Waals surface area contributed by atoms with Crippen molar-refractivity contribution in [3.05, 3.63) is 42.2 Å². The van der Waals surface area contributed by atoms with E-state index in [9.17, 15) is 16.8 Å². The third kappa shape index (κ3) is 2.83. The molecule has 1 aromatic carbocycles. The number of hydrogen-bond donors (Lipinski definition) is 0. The maximum absolute atomic E-state index is 12.2. The van der Waals surface area contributed by atoms with Crippen LogP contribution in [-0.2, 0) is 18.9 Å². The summed E-state index contributed by atoms with van der Waals surface area (Å²) in [5.74, 6) is 0. The molecule has 0 bridgehead atoms. The minimum atomic E-state index is -4.09. The van der Waals surface area contributed by atoms with Gasteiger partial charge in [-0.1, -0.05) is 17.7 Å². The Morgan fingerprint density at radius 1 is 1.00 bits per heavy atom.